The van der Waals surface area contributed by atoms with Crippen LogP contribution < -0.4 is 9.64 Å². The van der Waals surface area contributed by atoms with Crippen LogP contribution in [0, 0.1) is 0 Å². The average molecular weight is 381 g/mol. The Hall–Kier alpha value is -3.48. The molecule has 1 aliphatic rings. The summed E-state index contributed by atoms with van der Waals surface area (Å²) in [4.78, 5) is 49.1. The van der Waals surface area contributed by atoms with Gasteiger partial charge in [0.2, 0.25) is 0 Å². The van der Waals surface area contributed by atoms with Crippen LogP contribution in [-0.2, 0) is 20.9 Å². The standard InChI is InChI=1S/C21H19NO6/c1-3-27-18-9-8-14(13(2)23)10-15(18)12-28-19(24)11-22-17-7-5-4-6-16(17)20(25)21(22)26/h4-10H,3,11-12H2,1-2H3. The molecule has 0 N–H and O–H groups in total. The van der Waals surface area contributed by atoms with Gasteiger partial charge in [-0.15, -0.1) is 0 Å². The molecule has 0 aromatic heterocycles. The Morgan fingerprint density at radius 3 is 2.54 bits per heavy atom. The highest BCUT2D eigenvalue weighted by molar-refractivity contribution is 6.52. The fourth-order valence-electron chi connectivity index (χ4n) is 2.95. The quantitative estimate of drug-likeness (QED) is 0.416. The lowest BCUT2D eigenvalue weighted by Gasteiger charge is -2.16. The van der Waals surface area contributed by atoms with Crippen LogP contribution in [0.25, 0.3) is 0 Å². The van der Waals surface area contributed by atoms with Gasteiger partial charge in [-0.3, -0.25) is 24.1 Å². The van der Waals surface area contributed by atoms with Crippen LogP contribution in [0.1, 0.15) is 40.1 Å². The van der Waals surface area contributed by atoms with Crippen LogP contribution in [-0.4, -0.2) is 36.6 Å². The second-order valence-electron chi connectivity index (χ2n) is 6.21. The van der Waals surface area contributed by atoms with Crippen molar-refractivity contribution in [2.24, 2.45) is 0 Å². The van der Waals surface area contributed by atoms with Gasteiger partial charge < -0.3 is 9.47 Å². The van der Waals surface area contributed by atoms with Gasteiger partial charge in [-0.05, 0) is 44.2 Å². The second kappa shape index (κ2) is 8.04. The van der Waals surface area contributed by atoms with Crippen molar-refractivity contribution in [2.75, 3.05) is 18.1 Å². The number of rotatable bonds is 7. The number of Topliss-reactive ketones (excluding diaryl/α,β-unsaturated/α-hetero) is 2. The molecule has 1 heterocycles. The minimum atomic E-state index is -0.758. The number of amides is 1. The SMILES string of the molecule is CCOc1ccc(C(C)=O)cc1COC(=O)CN1C(=O)C(=O)c2ccccc21. The molecule has 0 fully saturated rings. The van der Waals surface area contributed by atoms with Gasteiger partial charge in [0.05, 0.1) is 17.9 Å². The van der Waals surface area contributed by atoms with Crippen LogP contribution in [0.2, 0.25) is 0 Å². The van der Waals surface area contributed by atoms with Crippen molar-refractivity contribution in [2.45, 2.75) is 20.5 Å². The largest absolute Gasteiger partial charge is 0.493 e. The fraction of sp³-hybridized carbons (Fsp3) is 0.238. The summed E-state index contributed by atoms with van der Waals surface area (Å²) in [5.74, 6) is -1.68. The number of carbonyl (C=O) groups is 4. The summed E-state index contributed by atoms with van der Waals surface area (Å²) in [5, 5.41) is 0. The third-order valence-corrected chi connectivity index (χ3v) is 4.32. The minimum Gasteiger partial charge on any atom is -0.493 e. The van der Waals surface area contributed by atoms with Crippen molar-refractivity contribution in [1.82, 2.24) is 0 Å². The first-order valence-corrected chi connectivity index (χ1v) is 8.80. The van der Waals surface area contributed by atoms with E-state index in [9.17, 15) is 19.2 Å². The van der Waals surface area contributed by atoms with E-state index in [-0.39, 0.29) is 24.5 Å². The Balaban J connectivity index is 1.71. The molecular formula is C21H19NO6. The van der Waals surface area contributed by atoms with Crippen molar-refractivity contribution < 1.29 is 28.7 Å². The number of fused-ring (bicyclic) bond motifs is 1. The highest BCUT2D eigenvalue weighted by Crippen LogP contribution is 2.28. The third kappa shape index (κ3) is 3.78. The van der Waals surface area contributed by atoms with Crippen LogP contribution >= 0.6 is 0 Å². The molecule has 0 saturated heterocycles. The van der Waals surface area contributed by atoms with Gasteiger partial charge in [-0.2, -0.15) is 0 Å². The predicted molar refractivity (Wildman–Crippen MR) is 101 cm³/mol. The third-order valence-electron chi connectivity index (χ3n) is 4.32. The topological polar surface area (TPSA) is 90.0 Å². The summed E-state index contributed by atoms with van der Waals surface area (Å²) in [6.45, 7) is 3.19. The molecule has 0 atom stereocenters. The van der Waals surface area contributed by atoms with Gasteiger partial charge in [-0.1, -0.05) is 12.1 Å². The maximum atomic E-state index is 12.3. The fourth-order valence-corrected chi connectivity index (χ4v) is 2.95. The number of esters is 1. The van der Waals surface area contributed by atoms with Crippen molar-refractivity contribution in [3.63, 3.8) is 0 Å². The second-order valence-corrected chi connectivity index (χ2v) is 6.21. The molecule has 1 amide bonds. The van der Waals surface area contributed by atoms with E-state index in [0.717, 1.165) is 4.90 Å². The first-order chi connectivity index (χ1) is 13.4. The number of ketones is 2. The van der Waals surface area contributed by atoms with Crippen molar-refractivity contribution >= 4 is 29.1 Å². The van der Waals surface area contributed by atoms with E-state index >= 15 is 0 Å². The van der Waals surface area contributed by atoms with Crippen LogP contribution in [0.5, 0.6) is 5.75 Å². The number of hydrogen-bond donors (Lipinski definition) is 0. The van der Waals surface area contributed by atoms with E-state index in [2.05, 4.69) is 0 Å². The number of para-hydroxylation sites is 1. The van der Waals surface area contributed by atoms with E-state index in [1.165, 1.54) is 6.92 Å². The molecule has 28 heavy (non-hydrogen) atoms. The molecule has 2 aromatic rings. The number of ether oxygens (including phenoxy) is 2. The molecule has 0 unspecified atom stereocenters. The van der Waals surface area contributed by atoms with Crippen molar-refractivity contribution in [1.29, 1.82) is 0 Å². The molecule has 0 aliphatic carbocycles. The summed E-state index contributed by atoms with van der Waals surface area (Å²) >= 11 is 0. The Kier molecular flexibility index (Phi) is 5.54. The Labute approximate surface area is 161 Å². The molecular weight excluding hydrogens is 362 g/mol. The van der Waals surface area contributed by atoms with Gasteiger partial charge in [0.15, 0.2) is 5.78 Å². The summed E-state index contributed by atoms with van der Waals surface area (Å²) in [7, 11) is 0. The molecule has 2 aromatic carbocycles. The zero-order chi connectivity index (χ0) is 20.3. The number of hydrogen-bond acceptors (Lipinski definition) is 6. The zero-order valence-electron chi connectivity index (χ0n) is 15.6. The van der Waals surface area contributed by atoms with E-state index < -0.39 is 17.7 Å². The van der Waals surface area contributed by atoms with E-state index in [4.69, 9.17) is 9.47 Å². The Morgan fingerprint density at radius 2 is 1.82 bits per heavy atom. The molecule has 1 aliphatic heterocycles. The molecule has 7 nitrogen and oxygen atoms in total. The number of carbonyl (C=O) groups excluding carboxylic acids is 4. The molecule has 144 valence electrons. The highest BCUT2D eigenvalue weighted by Gasteiger charge is 2.36. The minimum absolute atomic E-state index is 0.117. The van der Waals surface area contributed by atoms with E-state index in [1.54, 1.807) is 42.5 Å². The monoisotopic (exact) mass is 381 g/mol. The van der Waals surface area contributed by atoms with Gasteiger partial charge in [0.1, 0.15) is 18.9 Å². The lowest BCUT2D eigenvalue weighted by Crippen LogP contribution is -2.35. The van der Waals surface area contributed by atoms with Gasteiger partial charge in [0, 0.05) is 11.1 Å². The lowest BCUT2D eigenvalue weighted by atomic mass is 10.1. The first-order valence-electron chi connectivity index (χ1n) is 8.80. The molecule has 3 rings (SSSR count). The molecule has 0 bridgehead atoms. The summed E-state index contributed by atoms with van der Waals surface area (Å²) in [6.07, 6.45) is 0. The van der Waals surface area contributed by atoms with Crippen LogP contribution in [0.3, 0.4) is 0 Å². The zero-order valence-corrected chi connectivity index (χ0v) is 15.6. The van der Waals surface area contributed by atoms with Crippen LogP contribution in [0.4, 0.5) is 5.69 Å². The maximum Gasteiger partial charge on any atom is 0.326 e. The van der Waals surface area contributed by atoms with Gasteiger partial charge >= 0.3 is 5.97 Å². The molecule has 7 heteroatoms. The average Bonchev–Trinajstić information content (AvgIpc) is 2.92. The summed E-state index contributed by atoms with van der Waals surface area (Å²) < 4.78 is 10.8. The van der Waals surface area contributed by atoms with Crippen LogP contribution in [0.15, 0.2) is 42.5 Å². The number of nitrogens with zero attached hydrogens (tertiary/aromatic N) is 1. The first kappa shape index (κ1) is 19.3. The van der Waals surface area contributed by atoms with Crippen molar-refractivity contribution in [3.8, 4) is 5.75 Å². The Morgan fingerprint density at radius 1 is 1.07 bits per heavy atom. The van der Waals surface area contributed by atoms with Gasteiger partial charge in [0.25, 0.3) is 11.7 Å². The number of benzene rings is 2. The molecule has 0 spiro atoms. The van der Waals surface area contributed by atoms with Gasteiger partial charge in [-0.25, -0.2) is 0 Å². The predicted octanol–water partition coefficient (Wildman–Crippen LogP) is 2.56. The summed E-state index contributed by atoms with van der Waals surface area (Å²) in [6, 6.07) is 11.4. The van der Waals surface area contributed by atoms with Crippen molar-refractivity contribution in [3.05, 3.63) is 59.2 Å². The molecule has 0 radical (unpaired) electrons. The maximum absolute atomic E-state index is 12.3. The van der Waals surface area contributed by atoms with E-state index in [1.807, 2.05) is 6.92 Å². The Bertz CT molecular complexity index is 965. The highest BCUT2D eigenvalue weighted by atomic mass is 16.5. The smallest absolute Gasteiger partial charge is 0.326 e. The number of anilines is 1. The lowest BCUT2D eigenvalue weighted by molar-refractivity contribution is -0.143. The normalized spacial score (nSPS) is 12.7. The van der Waals surface area contributed by atoms with E-state index in [0.29, 0.717) is 29.2 Å². The summed E-state index contributed by atoms with van der Waals surface area (Å²) in [5.41, 5.74) is 1.69. The molecule has 0 saturated carbocycles.